The monoisotopic (exact) mass is 300 g/mol. The summed E-state index contributed by atoms with van der Waals surface area (Å²) in [4.78, 5) is 8.87. The van der Waals surface area contributed by atoms with Crippen LogP contribution in [0.3, 0.4) is 0 Å². The lowest BCUT2D eigenvalue weighted by molar-refractivity contribution is 0.986. The molecule has 3 aromatic rings. The van der Waals surface area contributed by atoms with Crippen LogP contribution in [0.25, 0.3) is 16.7 Å². The van der Waals surface area contributed by atoms with E-state index >= 15 is 0 Å². The molecule has 1 aromatic carbocycles. The highest BCUT2D eigenvalue weighted by Crippen LogP contribution is 2.32. The number of aryl methyl sites for hydroxylation is 2. The SMILES string of the molecule is Cc1nc(N)c2c(C)c(C)n(-c3cccc(Cl)c3C)c2n1. The minimum atomic E-state index is 0.525. The van der Waals surface area contributed by atoms with Gasteiger partial charge >= 0.3 is 0 Å². The molecule has 0 bridgehead atoms. The Morgan fingerprint density at radius 2 is 1.76 bits per heavy atom. The highest BCUT2D eigenvalue weighted by molar-refractivity contribution is 6.31. The van der Waals surface area contributed by atoms with Gasteiger partial charge in [0, 0.05) is 10.7 Å². The molecule has 21 heavy (non-hydrogen) atoms. The van der Waals surface area contributed by atoms with Crippen molar-refractivity contribution in [3.63, 3.8) is 0 Å². The van der Waals surface area contributed by atoms with Crippen LogP contribution in [0, 0.1) is 27.7 Å². The Kier molecular flexibility index (Phi) is 3.14. The predicted molar refractivity (Wildman–Crippen MR) is 87.2 cm³/mol. The van der Waals surface area contributed by atoms with E-state index in [0.29, 0.717) is 11.6 Å². The third kappa shape index (κ3) is 1.98. The molecule has 0 atom stereocenters. The zero-order valence-corrected chi connectivity index (χ0v) is 13.3. The summed E-state index contributed by atoms with van der Waals surface area (Å²) in [5.41, 5.74) is 11.2. The van der Waals surface area contributed by atoms with E-state index in [1.54, 1.807) is 0 Å². The second kappa shape index (κ2) is 4.74. The maximum absolute atomic E-state index is 6.27. The van der Waals surface area contributed by atoms with Gasteiger partial charge in [0.05, 0.1) is 11.1 Å². The number of rotatable bonds is 1. The van der Waals surface area contributed by atoms with Crippen LogP contribution in [0.1, 0.15) is 22.6 Å². The van der Waals surface area contributed by atoms with Gasteiger partial charge in [-0.1, -0.05) is 17.7 Å². The van der Waals surface area contributed by atoms with Crippen molar-refractivity contribution in [2.75, 3.05) is 5.73 Å². The number of fused-ring (bicyclic) bond motifs is 1. The molecule has 5 heteroatoms. The summed E-state index contributed by atoms with van der Waals surface area (Å²) in [6.45, 7) is 7.97. The van der Waals surface area contributed by atoms with Gasteiger partial charge < -0.3 is 5.73 Å². The maximum Gasteiger partial charge on any atom is 0.150 e. The van der Waals surface area contributed by atoms with E-state index in [1.165, 1.54) is 0 Å². The number of nitrogens with zero attached hydrogens (tertiary/aromatic N) is 3. The van der Waals surface area contributed by atoms with Crippen molar-refractivity contribution >= 4 is 28.5 Å². The Labute approximate surface area is 128 Å². The first-order valence-corrected chi connectivity index (χ1v) is 7.16. The van der Waals surface area contributed by atoms with Gasteiger partial charge in [0.1, 0.15) is 11.6 Å². The summed E-state index contributed by atoms with van der Waals surface area (Å²) < 4.78 is 2.11. The Morgan fingerprint density at radius 1 is 1.05 bits per heavy atom. The van der Waals surface area contributed by atoms with Crippen molar-refractivity contribution < 1.29 is 0 Å². The molecule has 0 aliphatic rings. The van der Waals surface area contributed by atoms with Crippen molar-refractivity contribution in [3.05, 3.63) is 45.9 Å². The van der Waals surface area contributed by atoms with Crippen molar-refractivity contribution in [1.82, 2.24) is 14.5 Å². The number of anilines is 1. The molecule has 0 aliphatic heterocycles. The highest BCUT2D eigenvalue weighted by Gasteiger charge is 2.18. The molecular formula is C16H17ClN4. The molecule has 0 saturated carbocycles. The zero-order valence-electron chi connectivity index (χ0n) is 12.5. The fourth-order valence-corrected chi connectivity index (χ4v) is 2.91. The van der Waals surface area contributed by atoms with Gasteiger partial charge in [0.15, 0.2) is 5.65 Å². The fraction of sp³-hybridized carbons (Fsp3) is 0.250. The molecule has 0 fully saturated rings. The number of nitrogen functional groups attached to an aromatic ring is 1. The van der Waals surface area contributed by atoms with Gasteiger partial charge in [0.2, 0.25) is 0 Å². The van der Waals surface area contributed by atoms with Crippen LogP contribution in [0.5, 0.6) is 0 Å². The van der Waals surface area contributed by atoms with Crippen LogP contribution in [0.2, 0.25) is 5.02 Å². The third-order valence-corrected chi connectivity index (χ3v) is 4.38. The minimum absolute atomic E-state index is 0.525. The van der Waals surface area contributed by atoms with Crippen LogP contribution < -0.4 is 5.73 Å². The predicted octanol–water partition coefficient (Wildman–Crippen LogP) is 3.89. The van der Waals surface area contributed by atoms with Crippen molar-refractivity contribution in [2.45, 2.75) is 27.7 Å². The Bertz CT molecular complexity index is 865. The van der Waals surface area contributed by atoms with Gasteiger partial charge in [-0.2, -0.15) is 0 Å². The van der Waals surface area contributed by atoms with Gasteiger partial charge in [-0.05, 0) is 51.0 Å². The first kappa shape index (κ1) is 13.9. The molecule has 0 spiro atoms. The molecule has 0 saturated heterocycles. The molecule has 0 aliphatic carbocycles. The highest BCUT2D eigenvalue weighted by atomic mass is 35.5. The molecule has 0 amide bonds. The Balaban J connectivity index is 2.48. The quantitative estimate of drug-likeness (QED) is 0.742. The molecule has 2 heterocycles. The van der Waals surface area contributed by atoms with Crippen LogP contribution in [0.4, 0.5) is 5.82 Å². The Hall–Kier alpha value is -2.07. The van der Waals surface area contributed by atoms with Gasteiger partial charge in [-0.3, -0.25) is 4.57 Å². The maximum atomic E-state index is 6.27. The third-order valence-electron chi connectivity index (χ3n) is 3.97. The number of nitrogens with two attached hydrogens (primary N) is 1. The van der Waals surface area contributed by atoms with Crippen LogP contribution in [-0.4, -0.2) is 14.5 Å². The standard InChI is InChI=1S/C16H17ClN4/c1-8-10(3)21(13-7-5-6-12(17)9(13)2)16-14(8)15(18)19-11(4)20-16/h5-7H,1-4H3,(H2,18,19,20). The average molecular weight is 301 g/mol. The van der Waals surface area contributed by atoms with Crippen LogP contribution in [-0.2, 0) is 0 Å². The fourth-order valence-electron chi connectivity index (χ4n) is 2.74. The minimum Gasteiger partial charge on any atom is -0.383 e. The van der Waals surface area contributed by atoms with Crippen LogP contribution in [0.15, 0.2) is 18.2 Å². The topological polar surface area (TPSA) is 56.7 Å². The van der Waals surface area contributed by atoms with Gasteiger partial charge in [0.25, 0.3) is 0 Å². The zero-order chi connectivity index (χ0) is 15.3. The van der Waals surface area contributed by atoms with E-state index in [1.807, 2.05) is 39.0 Å². The second-order valence-corrected chi connectivity index (χ2v) is 5.69. The average Bonchev–Trinajstić information content (AvgIpc) is 2.66. The molecule has 0 radical (unpaired) electrons. The number of aromatic nitrogens is 3. The summed E-state index contributed by atoms with van der Waals surface area (Å²) in [6, 6.07) is 5.88. The van der Waals surface area contributed by atoms with Crippen molar-refractivity contribution in [1.29, 1.82) is 0 Å². The van der Waals surface area contributed by atoms with E-state index in [9.17, 15) is 0 Å². The second-order valence-electron chi connectivity index (χ2n) is 5.28. The molecular weight excluding hydrogens is 284 g/mol. The number of halogens is 1. The van der Waals surface area contributed by atoms with E-state index in [2.05, 4.69) is 21.5 Å². The Morgan fingerprint density at radius 3 is 2.48 bits per heavy atom. The van der Waals surface area contributed by atoms with Crippen molar-refractivity contribution in [3.8, 4) is 5.69 Å². The van der Waals surface area contributed by atoms with E-state index in [4.69, 9.17) is 17.3 Å². The molecule has 3 rings (SSSR count). The molecule has 4 nitrogen and oxygen atoms in total. The summed E-state index contributed by atoms with van der Waals surface area (Å²) in [7, 11) is 0. The largest absolute Gasteiger partial charge is 0.383 e. The van der Waals surface area contributed by atoms with Crippen molar-refractivity contribution in [2.24, 2.45) is 0 Å². The number of hydrogen-bond donors (Lipinski definition) is 1. The first-order chi connectivity index (χ1) is 9.91. The normalized spacial score (nSPS) is 11.3. The summed E-state index contributed by atoms with van der Waals surface area (Å²) in [6.07, 6.45) is 0. The van der Waals surface area contributed by atoms with Gasteiger partial charge in [-0.25, -0.2) is 9.97 Å². The molecule has 2 N–H and O–H groups in total. The van der Waals surface area contributed by atoms with E-state index in [-0.39, 0.29) is 0 Å². The summed E-state index contributed by atoms with van der Waals surface area (Å²) in [5.74, 6) is 1.19. The lowest BCUT2D eigenvalue weighted by Crippen LogP contribution is -2.03. The first-order valence-electron chi connectivity index (χ1n) is 6.79. The molecule has 108 valence electrons. The van der Waals surface area contributed by atoms with Crippen LogP contribution >= 0.6 is 11.6 Å². The molecule has 0 unspecified atom stereocenters. The van der Waals surface area contributed by atoms with E-state index in [0.717, 1.165) is 38.6 Å². The molecule has 2 aromatic heterocycles. The smallest absolute Gasteiger partial charge is 0.150 e. The van der Waals surface area contributed by atoms with E-state index < -0.39 is 0 Å². The van der Waals surface area contributed by atoms with Gasteiger partial charge in [-0.15, -0.1) is 0 Å². The summed E-state index contributed by atoms with van der Waals surface area (Å²) >= 11 is 6.27. The number of hydrogen-bond acceptors (Lipinski definition) is 3. The summed E-state index contributed by atoms with van der Waals surface area (Å²) in [5, 5.41) is 1.66. The number of benzene rings is 1. The lowest BCUT2D eigenvalue weighted by Gasteiger charge is -2.12. The lowest BCUT2D eigenvalue weighted by atomic mass is 10.2.